The van der Waals surface area contributed by atoms with Gasteiger partial charge in [0.05, 0.1) is 13.0 Å². The van der Waals surface area contributed by atoms with Gasteiger partial charge in [0.25, 0.3) is 0 Å². The first-order valence-electron chi connectivity index (χ1n) is 6.85. The third-order valence-electron chi connectivity index (χ3n) is 2.87. The molecule has 24 heavy (non-hydrogen) atoms. The molecular formula is C12H21N5O7. The van der Waals surface area contributed by atoms with Crippen molar-refractivity contribution < 1.29 is 34.2 Å². The van der Waals surface area contributed by atoms with Crippen molar-refractivity contribution in [1.29, 1.82) is 0 Å². The summed E-state index contributed by atoms with van der Waals surface area (Å²) in [4.78, 5) is 56.4. The van der Waals surface area contributed by atoms with Gasteiger partial charge in [-0.1, -0.05) is 0 Å². The summed E-state index contributed by atoms with van der Waals surface area (Å²) in [6.45, 7) is -0.685. The minimum atomic E-state index is -1.60. The van der Waals surface area contributed by atoms with Crippen molar-refractivity contribution in [2.45, 2.75) is 37.4 Å². The number of rotatable bonds is 11. The smallest absolute Gasteiger partial charge is 0.326 e. The van der Waals surface area contributed by atoms with Crippen LogP contribution in [0.3, 0.4) is 0 Å². The summed E-state index contributed by atoms with van der Waals surface area (Å²) >= 11 is 0. The zero-order chi connectivity index (χ0) is 18.9. The number of aliphatic carboxylic acids is 1. The minimum Gasteiger partial charge on any atom is -0.480 e. The van der Waals surface area contributed by atoms with Crippen LogP contribution in [-0.2, 0) is 24.0 Å². The number of amides is 4. The summed E-state index contributed by atoms with van der Waals surface area (Å²) in [7, 11) is 0. The van der Waals surface area contributed by atoms with Crippen molar-refractivity contribution in [2.24, 2.45) is 17.2 Å². The maximum absolute atomic E-state index is 12.1. The number of aliphatic hydroxyl groups excluding tert-OH is 1. The lowest BCUT2D eigenvalue weighted by Crippen LogP contribution is -2.55. The predicted octanol–water partition coefficient (Wildman–Crippen LogP) is -4.50. The average Bonchev–Trinajstić information content (AvgIpc) is 2.48. The molecule has 4 amide bonds. The van der Waals surface area contributed by atoms with E-state index in [9.17, 15) is 24.0 Å². The lowest BCUT2D eigenvalue weighted by molar-refractivity contribution is -0.143. The normalized spacial score (nSPS) is 14.1. The quantitative estimate of drug-likeness (QED) is 0.192. The minimum absolute atomic E-state index is 0.228. The number of carbonyl (C=O) groups excluding carboxylic acids is 4. The van der Waals surface area contributed by atoms with Crippen molar-refractivity contribution in [3.05, 3.63) is 0 Å². The Morgan fingerprint density at radius 1 is 0.917 bits per heavy atom. The van der Waals surface area contributed by atoms with E-state index in [1.54, 1.807) is 0 Å². The van der Waals surface area contributed by atoms with Gasteiger partial charge in [0, 0.05) is 6.42 Å². The summed E-state index contributed by atoms with van der Waals surface area (Å²) in [5.74, 6) is -5.07. The Kier molecular flexibility index (Phi) is 8.97. The van der Waals surface area contributed by atoms with Gasteiger partial charge in [0.2, 0.25) is 23.6 Å². The van der Waals surface area contributed by atoms with Gasteiger partial charge in [-0.15, -0.1) is 0 Å². The first kappa shape index (κ1) is 21.3. The molecule has 0 radical (unpaired) electrons. The third-order valence-corrected chi connectivity index (χ3v) is 2.87. The molecule has 12 heteroatoms. The Balaban J connectivity index is 5.05. The number of nitrogens with one attached hydrogen (secondary N) is 2. The Hall–Kier alpha value is -2.73. The summed E-state index contributed by atoms with van der Waals surface area (Å²) in [6.07, 6.45) is -1.16. The summed E-state index contributed by atoms with van der Waals surface area (Å²) in [5.41, 5.74) is 15.2. The van der Waals surface area contributed by atoms with Gasteiger partial charge in [-0.2, -0.15) is 0 Å². The molecule has 0 aliphatic carbocycles. The number of carboxylic acids is 1. The highest BCUT2D eigenvalue weighted by atomic mass is 16.4. The highest BCUT2D eigenvalue weighted by Gasteiger charge is 2.28. The zero-order valence-corrected chi connectivity index (χ0v) is 12.7. The van der Waals surface area contributed by atoms with Gasteiger partial charge in [0.15, 0.2) is 0 Å². The fourth-order valence-electron chi connectivity index (χ4n) is 1.59. The van der Waals surface area contributed by atoms with Gasteiger partial charge in [-0.25, -0.2) is 4.79 Å². The number of nitrogens with two attached hydrogens (primary N) is 3. The maximum atomic E-state index is 12.1. The van der Waals surface area contributed by atoms with E-state index in [-0.39, 0.29) is 12.8 Å². The van der Waals surface area contributed by atoms with Crippen LogP contribution >= 0.6 is 0 Å². The number of aliphatic hydroxyl groups is 1. The van der Waals surface area contributed by atoms with Crippen molar-refractivity contribution >= 4 is 29.6 Å². The van der Waals surface area contributed by atoms with Crippen molar-refractivity contribution in [1.82, 2.24) is 10.6 Å². The molecule has 3 atom stereocenters. The number of carbonyl (C=O) groups is 5. The fourth-order valence-corrected chi connectivity index (χ4v) is 1.59. The highest BCUT2D eigenvalue weighted by Crippen LogP contribution is 2.01. The van der Waals surface area contributed by atoms with Crippen LogP contribution in [0.5, 0.6) is 0 Å². The van der Waals surface area contributed by atoms with Crippen LogP contribution in [0.15, 0.2) is 0 Å². The second-order valence-electron chi connectivity index (χ2n) is 4.93. The van der Waals surface area contributed by atoms with Gasteiger partial charge >= 0.3 is 5.97 Å². The van der Waals surface area contributed by atoms with Gasteiger partial charge in [-0.05, 0) is 6.42 Å². The van der Waals surface area contributed by atoms with Crippen molar-refractivity contribution in [2.75, 3.05) is 6.61 Å². The molecule has 0 aromatic heterocycles. The number of carboxylic acid groups (broad SMARTS) is 1. The number of hydrogen-bond acceptors (Lipinski definition) is 7. The molecule has 0 rings (SSSR count). The van der Waals surface area contributed by atoms with E-state index in [2.05, 4.69) is 5.32 Å². The zero-order valence-electron chi connectivity index (χ0n) is 12.7. The fraction of sp³-hybridized carbons (Fsp3) is 0.583. The van der Waals surface area contributed by atoms with Gasteiger partial charge in [-0.3, -0.25) is 19.2 Å². The lowest BCUT2D eigenvalue weighted by atomic mass is 10.1. The van der Waals surface area contributed by atoms with Gasteiger partial charge in [0.1, 0.15) is 18.1 Å². The van der Waals surface area contributed by atoms with E-state index in [1.807, 2.05) is 5.32 Å². The molecule has 10 N–H and O–H groups in total. The molecule has 0 aliphatic heterocycles. The molecule has 0 heterocycles. The number of hydrogen-bond donors (Lipinski definition) is 7. The van der Waals surface area contributed by atoms with Gasteiger partial charge < -0.3 is 38.0 Å². The summed E-state index contributed by atoms with van der Waals surface area (Å²) in [6, 6.07) is -4.25. The predicted molar refractivity (Wildman–Crippen MR) is 78.8 cm³/mol. The molecule has 0 spiro atoms. The second-order valence-corrected chi connectivity index (χ2v) is 4.93. The molecular weight excluding hydrogens is 326 g/mol. The molecule has 0 aliphatic rings. The summed E-state index contributed by atoms with van der Waals surface area (Å²) < 4.78 is 0. The first-order valence-corrected chi connectivity index (χ1v) is 6.85. The molecule has 0 saturated heterocycles. The Morgan fingerprint density at radius 3 is 1.88 bits per heavy atom. The summed E-state index contributed by atoms with van der Waals surface area (Å²) in [5, 5.41) is 21.9. The van der Waals surface area contributed by atoms with Crippen LogP contribution in [0, 0.1) is 0 Å². The Bertz CT molecular complexity index is 510. The monoisotopic (exact) mass is 347 g/mol. The van der Waals surface area contributed by atoms with E-state index in [0.717, 1.165) is 0 Å². The van der Waals surface area contributed by atoms with Crippen LogP contribution in [0.2, 0.25) is 0 Å². The molecule has 12 nitrogen and oxygen atoms in total. The Labute approximate surface area is 136 Å². The lowest BCUT2D eigenvalue weighted by Gasteiger charge is -2.21. The molecule has 0 saturated carbocycles. The van der Waals surface area contributed by atoms with Crippen LogP contribution in [0.1, 0.15) is 19.3 Å². The molecule has 0 aromatic rings. The van der Waals surface area contributed by atoms with E-state index in [0.29, 0.717) is 0 Å². The number of primary amides is 2. The topological polar surface area (TPSA) is 228 Å². The van der Waals surface area contributed by atoms with Crippen LogP contribution in [-0.4, -0.2) is 64.5 Å². The molecule has 0 bridgehead atoms. The first-order chi connectivity index (χ1) is 11.1. The van der Waals surface area contributed by atoms with Crippen LogP contribution in [0.25, 0.3) is 0 Å². The standard InChI is InChI=1S/C12H21N5O7/c13-5(4-18)10(21)16-6(1-2-8(14)19)11(22)17-7(12(23)24)3-9(15)20/h5-7,18H,1-4,13H2,(H2,14,19)(H2,15,20)(H,16,21)(H,17,22)(H,23,24). The van der Waals surface area contributed by atoms with Crippen LogP contribution in [0.4, 0.5) is 0 Å². The average molecular weight is 347 g/mol. The Morgan fingerprint density at radius 2 is 1.46 bits per heavy atom. The van der Waals surface area contributed by atoms with E-state index in [1.165, 1.54) is 0 Å². The van der Waals surface area contributed by atoms with Crippen molar-refractivity contribution in [3.63, 3.8) is 0 Å². The highest BCUT2D eigenvalue weighted by molar-refractivity contribution is 5.93. The molecule has 0 fully saturated rings. The van der Waals surface area contributed by atoms with Crippen molar-refractivity contribution in [3.8, 4) is 0 Å². The largest absolute Gasteiger partial charge is 0.480 e. The molecule has 0 aromatic carbocycles. The molecule has 136 valence electrons. The SMILES string of the molecule is NC(=O)CCC(NC(=O)C(N)CO)C(=O)NC(CC(N)=O)C(=O)O. The van der Waals surface area contributed by atoms with Crippen LogP contribution < -0.4 is 27.8 Å². The molecule has 3 unspecified atom stereocenters. The third kappa shape index (κ3) is 8.05. The van der Waals surface area contributed by atoms with E-state index >= 15 is 0 Å². The van der Waals surface area contributed by atoms with E-state index in [4.69, 9.17) is 27.4 Å². The maximum Gasteiger partial charge on any atom is 0.326 e. The second kappa shape index (κ2) is 10.1. The van der Waals surface area contributed by atoms with E-state index < -0.39 is 60.8 Å².